The van der Waals surface area contributed by atoms with Crippen molar-refractivity contribution in [2.75, 3.05) is 11.9 Å². The van der Waals surface area contributed by atoms with E-state index in [0.29, 0.717) is 17.7 Å². The lowest BCUT2D eigenvalue weighted by Crippen LogP contribution is -2.32. The molecule has 1 aromatic rings. The standard InChI is InChI=1S/C13H18FNO/c1-9-3-4-11(8-13(9)14)15-12-5-6-16-10(2)7-12/h3-4,8,10,12,15H,5-7H2,1-2H3. The van der Waals surface area contributed by atoms with Gasteiger partial charge in [0.1, 0.15) is 5.82 Å². The molecule has 88 valence electrons. The van der Waals surface area contributed by atoms with Crippen molar-refractivity contribution in [1.29, 1.82) is 0 Å². The van der Waals surface area contributed by atoms with Crippen LogP contribution in [0.5, 0.6) is 0 Å². The minimum absolute atomic E-state index is 0.148. The fourth-order valence-electron chi connectivity index (χ4n) is 2.05. The highest BCUT2D eigenvalue weighted by molar-refractivity contribution is 5.46. The van der Waals surface area contributed by atoms with E-state index in [4.69, 9.17) is 4.74 Å². The molecule has 2 unspecified atom stereocenters. The van der Waals surface area contributed by atoms with E-state index < -0.39 is 0 Å². The summed E-state index contributed by atoms with van der Waals surface area (Å²) in [7, 11) is 0. The fraction of sp³-hybridized carbons (Fsp3) is 0.538. The minimum atomic E-state index is -0.148. The van der Waals surface area contributed by atoms with Crippen molar-refractivity contribution in [2.45, 2.75) is 38.8 Å². The van der Waals surface area contributed by atoms with Gasteiger partial charge in [-0.25, -0.2) is 4.39 Å². The van der Waals surface area contributed by atoms with E-state index in [1.54, 1.807) is 19.1 Å². The lowest BCUT2D eigenvalue weighted by atomic mass is 10.0. The Bertz CT molecular complexity index is 367. The summed E-state index contributed by atoms with van der Waals surface area (Å²) in [5.74, 6) is -0.148. The van der Waals surface area contributed by atoms with Gasteiger partial charge in [-0.2, -0.15) is 0 Å². The number of hydrogen-bond donors (Lipinski definition) is 1. The molecule has 0 aromatic heterocycles. The van der Waals surface area contributed by atoms with Gasteiger partial charge in [-0.3, -0.25) is 0 Å². The van der Waals surface area contributed by atoms with E-state index in [1.165, 1.54) is 0 Å². The largest absolute Gasteiger partial charge is 0.382 e. The highest BCUT2D eigenvalue weighted by atomic mass is 19.1. The summed E-state index contributed by atoms with van der Waals surface area (Å²) in [5, 5.41) is 3.36. The lowest BCUT2D eigenvalue weighted by molar-refractivity contribution is 0.0232. The van der Waals surface area contributed by atoms with Crippen LogP contribution in [-0.2, 0) is 4.74 Å². The molecule has 0 saturated carbocycles. The van der Waals surface area contributed by atoms with Crippen LogP contribution in [0, 0.1) is 12.7 Å². The predicted octanol–water partition coefficient (Wildman–Crippen LogP) is 3.11. The van der Waals surface area contributed by atoms with Crippen LogP contribution in [-0.4, -0.2) is 18.8 Å². The van der Waals surface area contributed by atoms with Crippen LogP contribution < -0.4 is 5.32 Å². The zero-order chi connectivity index (χ0) is 11.5. The highest BCUT2D eigenvalue weighted by Gasteiger charge is 2.19. The Morgan fingerprint density at radius 3 is 2.94 bits per heavy atom. The molecule has 1 heterocycles. The average molecular weight is 223 g/mol. The molecule has 0 aliphatic carbocycles. The quantitative estimate of drug-likeness (QED) is 0.831. The number of benzene rings is 1. The van der Waals surface area contributed by atoms with Crippen molar-refractivity contribution >= 4 is 5.69 Å². The molecule has 0 bridgehead atoms. The number of halogens is 1. The van der Waals surface area contributed by atoms with Gasteiger partial charge >= 0.3 is 0 Å². The zero-order valence-corrected chi connectivity index (χ0v) is 9.79. The van der Waals surface area contributed by atoms with Crippen molar-refractivity contribution in [3.63, 3.8) is 0 Å². The molecule has 16 heavy (non-hydrogen) atoms. The molecule has 0 amide bonds. The highest BCUT2D eigenvalue weighted by Crippen LogP contribution is 2.20. The van der Waals surface area contributed by atoms with Crippen molar-refractivity contribution in [3.05, 3.63) is 29.6 Å². The third-order valence-electron chi connectivity index (χ3n) is 3.03. The Hall–Kier alpha value is -1.09. The van der Waals surface area contributed by atoms with Gasteiger partial charge in [0.25, 0.3) is 0 Å². The van der Waals surface area contributed by atoms with Crippen LogP contribution in [0.1, 0.15) is 25.3 Å². The minimum Gasteiger partial charge on any atom is -0.382 e. The second-order valence-electron chi connectivity index (χ2n) is 4.51. The topological polar surface area (TPSA) is 21.3 Å². The van der Waals surface area contributed by atoms with Gasteiger partial charge in [-0.05, 0) is 44.4 Å². The smallest absolute Gasteiger partial charge is 0.128 e. The van der Waals surface area contributed by atoms with E-state index in [9.17, 15) is 4.39 Å². The summed E-state index contributed by atoms with van der Waals surface area (Å²) < 4.78 is 18.8. The Balaban J connectivity index is 2.00. The van der Waals surface area contributed by atoms with Gasteiger partial charge in [-0.1, -0.05) is 6.07 Å². The summed E-state index contributed by atoms with van der Waals surface area (Å²) >= 11 is 0. The summed E-state index contributed by atoms with van der Waals surface area (Å²) in [6.45, 7) is 4.63. The lowest BCUT2D eigenvalue weighted by Gasteiger charge is -2.28. The normalized spacial score (nSPS) is 25.4. The van der Waals surface area contributed by atoms with Gasteiger partial charge in [0.15, 0.2) is 0 Å². The van der Waals surface area contributed by atoms with E-state index in [2.05, 4.69) is 12.2 Å². The number of hydrogen-bond acceptors (Lipinski definition) is 2. The van der Waals surface area contributed by atoms with Gasteiger partial charge in [0, 0.05) is 18.3 Å². The third-order valence-corrected chi connectivity index (χ3v) is 3.03. The van der Waals surface area contributed by atoms with E-state index in [1.807, 2.05) is 6.07 Å². The maximum atomic E-state index is 13.3. The molecule has 0 spiro atoms. The number of aryl methyl sites for hydroxylation is 1. The van der Waals surface area contributed by atoms with Crippen LogP contribution in [0.2, 0.25) is 0 Å². The zero-order valence-electron chi connectivity index (χ0n) is 9.79. The first-order valence-corrected chi connectivity index (χ1v) is 5.79. The summed E-state index contributed by atoms with van der Waals surface area (Å²) in [6, 6.07) is 5.69. The van der Waals surface area contributed by atoms with Crippen molar-refractivity contribution in [3.8, 4) is 0 Å². The first-order valence-electron chi connectivity index (χ1n) is 5.79. The number of nitrogens with one attached hydrogen (secondary N) is 1. The molecule has 2 atom stereocenters. The van der Waals surface area contributed by atoms with Crippen molar-refractivity contribution in [1.82, 2.24) is 0 Å². The number of ether oxygens (including phenoxy) is 1. The monoisotopic (exact) mass is 223 g/mol. The van der Waals surface area contributed by atoms with E-state index >= 15 is 0 Å². The molecule has 1 fully saturated rings. The van der Waals surface area contributed by atoms with E-state index in [-0.39, 0.29) is 5.82 Å². The first kappa shape index (κ1) is 11.4. The number of rotatable bonds is 2. The molecule has 1 saturated heterocycles. The molecule has 1 N–H and O–H groups in total. The summed E-state index contributed by atoms with van der Waals surface area (Å²) in [6.07, 6.45) is 2.26. The molecule has 3 heteroatoms. The van der Waals surface area contributed by atoms with Gasteiger partial charge in [0.2, 0.25) is 0 Å². The van der Waals surface area contributed by atoms with Gasteiger partial charge in [-0.15, -0.1) is 0 Å². The molecule has 2 nitrogen and oxygen atoms in total. The molecule has 1 aliphatic rings. The van der Waals surface area contributed by atoms with E-state index in [0.717, 1.165) is 25.1 Å². The van der Waals surface area contributed by atoms with Gasteiger partial charge < -0.3 is 10.1 Å². The maximum absolute atomic E-state index is 13.3. The summed E-state index contributed by atoms with van der Waals surface area (Å²) in [5.41, 5.74) is 1.55. The summed E-state index contributed by atoms with van der Waals surface area (Å²) in [4.78, 5) is 0. The average Bonchev–Trinajstić information content (AvgIpc) is 2.24. The van der Waals surface area contributed by atoms with Crippen LogP contribution in [0.4, 0.5) is 10.1 Å². The predicted molar refractivity (Wildman–Crippen MR) is 63.2 cm³/mol. The fourth-order valence-corrected chi connectivity index (χ4v) is 2.05. The van der Waals surface area contributed by atoms with Crippen LogP contribution in [0.25, 0.3) is 0 Å². The van der Waals surface area contributed by atoms with Crippen LogP contribution in [0.3, 0.4) is 0 Å². The molecular formula is C13H18FNO. The molecule has 2 rings (SSSR count). The maximum Gasteiger partial charge on any atom is 0.128 e. The number of anilines is 1. The second kappa shape index (κ2) is 4.83. The van der Waals surface area contributed by atoms with Crippen LogP contribution in [0.15, 0.2) is 18.2 Å². The Morgan fingerprint density at radius 2 is 2.25 bits per heavy atom. The third kappa shape index (κ3) is 2.73. The Kier molecular flexibility index (Phi) is 3.44. The Labute approximate surface area is 95.8 Å². The van der Waals surface area contributed by atoms with Crippen molar-refractivity contribution in [2.24, 2.45) is 0 Å². The molecule has 0 radical (unpaired) electrons. The molecular weight excluding hydrogens is 205 g/mol. The Morgan fingerprint density at radius 1 is 1.44 bits per heavy atom. The van der Waals surface area contributed by atoms with Crippen molar-refractivity contribution < 1.29 is 9.13 Å². The van der Waals surface area contributed by atoms with Crippen LogP contribution >= 0.6 is 0 Å². The second-order valence-corrected chi connectivity index (χ2v) is 4.51. The molecule has 1 aromatic carbocycles. The molecule has 1 aliphatic heterocycles. The first-order chi connectivity index (χ1) is 7.65. The van der Waals surface area contributed by atoms with Gasteiger partial charge in [0.05, 0.1) is 6.10 Å². The SMILES string of the molecule is Cc1ccc(NC2CCOC(C)C2)cc1F.